The van der Waals surface area contributed by atoms with Crippen LogP contribution < -0.4 is 0 Å². The van der Waals surface area contributed by atoms with Crippen LogP contribution in [0.4, 0.5) is 0 Å². The van der Waals surface area contributed by atoms with Crippen LogP contribution in [0.15, 0.2) is 18.7 Å². The third-order valence-electron chi connectivity index (χ3n) is 3.57. The van der Waals surface area contributed by atoms with Crippen molar-refractivity contribution in [1.29, 1.82) is 0 Å². The second kappa shape index (κ2) is 5.04. The lowest BCUT2D eigenvalue weighted by Crippen LogP contribution is -2.47. The minimum atomic E-state index is -1.04. The first-order chi connectivity index (χ1) is 9.67. The van der Waals surface area contributed by atoms with Crippen molar-refractivity contribution < 1.29 is 9.90 Å². The standard InChI is InChI=1S/C12H16N6O2/c1-2-17-8-13-3-9(17)4-16-5-10(6-16)18-7-11(12(19)20)14-15-18/h3,7-8,10H,2,4-6H2,1H3,(H,19,20). The summed E-state index contributed by atoms with van der Waals surface area (Å²) in [5, 5.41) is 16.3. The zero-order chi connectivity index (χ0) is 14.1. The Morgan fingerprint density at radius 3 is 2.95 bits per heavy atom. The second-order valence-corrected chi connectivity index (χ2v) is 4.91. The fourth-order valence-electron chi connectivity index (χ4n) is 2.39. The van der Waals surface area contributed by atoms with Crippen molar-refractivity contribution in [1.82, 2.24) is 29.4 Å². The van der Waals surface area contributed by atoms with E-state index in [1.165, 1.54) is 11.9 Å². The van der Waals surface area contributed by atoms with Gasteiger partial charge >= 0.3 is 5.97 Å². The van der Waals surface area contributed by atoms with Crippen LogP contribution in [0.2, 0.25) is 0 Å². The number of hydrogen-bond acceptors (Lipinski definition) is 5. The number of hydrogen-bond donors (Lipinski definition) is 1. The van der Waals surface area contributed by atoms with Gasteiger partial charge in [0.05, 0.1) is 24.3 Å². The van der Waals surface area contributed by atoms with Gasteiger partial charge < -0.3 is 9.67 Å². The van der Waals surface area contributed by atoms with E-state index in [0.717, 1.165) is 26.2 Å². The van der Waals surface area contributed by atoms with Gasteiger partial charge in [-0.3, -0.25) is 4.90 Å². The molecule has 1 aliphatic heterocycles. The maximum atomic E-state index is 10.8. The molecule has 1 fully saturated rings. The van der Waals surface area contributed by atoms with Crippen molar-refractivity contribution in [2.45, 2.75) is 26.1 Å². The monoisotopic (exact) mass is 276 g/mol. The quantitative estimate of drug-likeness (QED) is 0.842. The first-order valence-electron chi connectivity index (χ1n) is 6.54. The largest absolute Gasteiger partial charge is 0.476 e. The Morgan fingerprint density at radius 1 is 1.50 bits per heavy atom. The summed E-state index contributed by atoms with van der Waals surface area (Å²) in [7, 11) is 0. The zero-order valence-electron chi connectivity index (χ0n) is 11.2. The number of imidazole rings is 1. The van der Waals surface area contributed by atoms with Crippen LogP contribution in [-0.4, -0.2) is 53.6 Å². The SMILES string of the molecule is CCn1cncc1CN1CC(n2cc(C(=O)O)nn2)C1. The van der Waals surface area contributed by atoms with E-state index in [4.69, 9.17) is 5.11 Å². The highest BCUT2D eigenvalue weighted by molar-refractivity contribution is 5.84. The lowest BCUT2D eigenvalue weighted by molar-refractivity contribution is 0.0690. The number of carboxylic acids is 1. The predicted octanol–water partition coefficient (Wildman–Crippen LogP) is 0.250. The molecule has 106 valence electrons. The molecule has 8 heteroatoms. The molecule has 0 amide bonds. The Morgan fingerprint density at radius 2 is 2.30 bits per heavy atom. The lowest BCUT2D eigenvalue weighted by Gasteiger charge is -2.38. The molecular weight excluding hydrogens is 260 g/mol. The van der Waals surface area contributed by atoms with Gasteiger partial charge in [-0.2, -0.15) is 0 Å². The van der Waals surface area contributed by atoms with Gasteiger partial charge in [0.25, 0.3) is 0 Å². The molecule has 1 saturated heterocycles. The predicted molar refractivity (Wildman–Crippen MR) is 69.2 cm³/mol. The fraction of sp³-hybridized carbons (Fsp3) is 0.500. The van der Waals surface area contributed by atoms with E-state index >= 15 is 0 Å². The normalized spacial score (nSPS) is 16.2. The number of likely N-dealkylation sites (tertiary alicyclic amines) is 1. The molecule has 1 N–H and O–H groups in total. The van der Waals surface area contributed by atoms with E-state index in [-0.39, 0.29) is 11.7 Å². The average Bonchev–Trinajstić information content (AvgIpc) is 3.01. The third-order valence-corrected chi connectivity index (χ3v) is 3.57. The summed E-state index contributed by atoms with van der Waals surface area (Å²) in [4.78, 5) is 17.2. The summed E-state index contributed by atoms with van der Waals surface area (Å²) < 4.78 is 3.75. The van der Waals surface area contributed by atoms with Gasteiger partial charge in [-0.05, 0) is 6.92 Å². The highest BCUT2D eigenvalue weighted by Crippen LogP contribution is 2.22. The molecule has 0 spiro atoms. The number of aryl methyl sites for hydroxylation is 1. The Balaban J connectivity index is 1.57. The van der Waals surface area contributed by atoms with Gasteiger partial charge in [0.1, 0.15) is 0 Å². The van der Waals surface area contributed by atoms with Gasteiger partial charge in [0.15, 0.2) is 5.69 Å². The van der Waals surface area contributed by atoms with Gasteiger partial charge in [-0.15, -0.1) is 5.10 Å². The topological polar surface area (TPSA) is 89.1 Å². The molecule has 0 saturated carbocycles. The van der Waals surface area contributed by atoms with E-state index < -0.39 is 5.97 Å². The van der Waals surface area contributed by atoms with Crippen molar-refractivity contribution in [2.75, 3.05) is 13.1 Å². The Bertz CT molecular complexity index is 613. The maximum Gasteiger partial charge on any atom is 0.358 e. The van der Waals surface area contributed by atoms with E-state index in [1.54, 1.807) is 4.68 Å². The van der Waals surface area contributed by atoms with E-state index in [2.05, 4.69) is 31.7 Å². The molecular formula is C12H16N6O2. The van der Waals surface area contributed by atoms with E-state index in [0.29, 0.717) is 0 Å². The minimum absolute atomic E-state index is 0.00694. The van der Waals surface area contributed by atoms with Crippen LogP contribution in [0.25, 0.3) is 0 Å². The third kappa shape index (κ3) is 2.29. The average molecular weight is 276 g/mol. The van der Waals surface area contributed by atoms with Crippen molar-refractivity contribution in [3.63, 3.8) is 0 Å². The van der Waals surface area contributed by atoms with Crippen LogP contribution in [0, 0.1) is 0 Å². The van der Waals surface area contributed by atoms with Crippen LogP contribution >= 0.6 is 0 Å². The van der Waals surface area contributed by atoms with Crippen molar-refractivity contribution >= 4 is 5.97 Å². The highest BCUT2D eigenvalue weighted by atomic mass is 16.4. The summed E-state index contributed by atoms with van der Waals surface area (Å²) in [6.45, 7) is 5.55. The number of rotatable bonds is 5. The van der Waals surface area contributed by atoms with Crippen LogP contribution in [0.3, 0.4) is 0 Å². The van der Waals surface area contributed by atoms with Gasteiger partial charge in [0.2, 0.25) is 0 Å². The summed E-state index contributed by atoms with van der Waals surface area (Å²) in [6, 6.07) is 0.202. The minimum Gasteiger partial charge on any atom is -0.476 e. The Kier molecular flexibility index (Phi) is 3.23. The molecule has 2 aromatic rings. The molecule has 0 bridgehead atoms. The molecule has 8 nitrogen and oxygen atoms in total. The molecule has 3 rings (SSSR count). The fourth-order valence-corrected chi connectivity index (χ4v) is 2.39. The number of carboxylic acid groups (broad SMARTS) is 1. The summed E-state index contributed by atoms with van der Waals surface area (Å²) in [5.41, 5.74) is 1.18. The number of aromatic nitrogens is 5. The van der Waals surface area contributed by atoms with Gasteiger partial charge in [0, 0.05) is 32.4 Å². The molecule has 20 heavy (non-hydrogen) atoms. The van der Waals surface area contributed by atoms with E-state index in [9.17, 15) is 4.79 Å². The summed E-state index contributed by atoms with van der Waals surface area (Å²) in [5.74, 6) is -1.04. The van der Waals surface area contributed by atoms with Gasteiger partial charge in [-0.25, -0.2) is 14.5 Å². The Labute approximate surface area is 115 Å². The number of nitrogens with zero attached hydrogens (tertiary/aromatic N) is 6. The molecule has 0 atom stereocenters. The van der Waals surface area contributed by atoms with Crippen LogP contribution in [0.5, 0.6) is 0 Å². The second-order valence-electron chi connectivity index (χ2n) is 4.91. The molecule has 0 aliphatic carbocycles. The van der Waals surface area contributed by atoms with Crippen molar-refractivity contribution in [3.8, 4) is 0 Å². The van der Waals surface area contributed by atoms with Crippen LogP contribution in [0.1, 0.15) is 29.1 Å². The molecule has 0 unspecified atom stereocenters. The molecule has 3 heterocycles. The van der Waals surface area contributed by atoms with Gasteiger partial charge in [-0.1, -0.05) is 5.21 Å². The maximum absolute atomic E-state index is 10.8. The van der Waals surface area contributed by atoms with E-state index in [1.807, 2.05) is 12.5 Å². The number of carbonyl (C=O) groups is 1. The molecule has 2 aromatic heterocycles. The summed E-state index contributed by atoms with van der Waals surface area (Å²) >= 11 is 0. The lowest BCUT2D eigenvalue weighted by atomic mass is 10.1. The zero-order valence-corrected chi connectivity index (χ0v) is 11.2. The summed E-state index contributed by atoms with van der Waals surface area (Å²) in [6.07, 6.45) is 5.21. The van der Waals surface area contributed by atoms with Crippen LogP contribution in [-0.2, 0) is 13.1 Å². The molecule has 0 radical (unpaired) electrons. The number of aromatic carboxylic acids is 1. The first kappa shape index (κ1) is 12.8. The van der Waals surface area contributed by atoms with Crippen molar-refractivity contribution in [3.05, 3.63) is 30.1 Å². The van der Waals surface area contributed by atoms with Crippen molar-refractivity contribution in [2.24, 2.45) is 0 Å². The highest BCUT2D eigenvalue weighted by Gasteiger charge is 2.30. The first-order valence-corrected chi connectivity index (χ1v) is 6.54. The molecule has 0 aromatic carbocycles. The Hall–Kier alpha value is -2.22. The molecule has 1 aliphatic rings. The smallest absolute Gasteiger partial charge is 0.358 e.